The monoisotopic (exact) mass is 405 g/mol. The van der Waals surface area contributed by atoms with Gasteiger partial charge in [-0.1, -0.05) is 12.1 Å². The van der Waals surface area contributed by atoms with Gasteiger partial charge in [0.25, 0.3) is 11.8 Å². The number of H-pyrrole nitrogens is 1. The largest absolute Gasteiger partial charge is 0.489 e. The smallest absolute Gasteiger partial charge is 0.417 e. The maximum atomic E-state index is 13.0. The number of hydrogen-bond donors (Lipinski definition) is 2. The number of amides is 2. The number of carbonyl (C=O) groups excluding carboxylic acids is 2. The summed E-state index contributed by atoms with van der Waals surface area (Å²) >= 11 is 0. The van der Waals surface area contributed by atoms with Crippen molar-refractivity contribution in [2.24, 2.45) is 0 Å². The van der Waals surface area contributed by atoms with Gasteiger partial charge in [-0.3, -0.25) is 14.7 Å². The van der Waals surface area contributed by atoms with E-state index in [2.05, 4.69) is 20.5 Å². The van der Waals surface area contributed by atoms with Gasteiger partial charge in [-0.15, -0.1) is 0 Å². The lowest BCUT2D eigenvalue weighted by atomic mass is 10.1. The number of para-hydroxylation sites is 2. The van der Waals surface area contributed by atoms with Gasteiger partial charge in [0, 0.05) is 13.2 Å². The highest BCUT2D eigenvalue weighted by molar-refractivity contribution is 6.07. The second-order valence-electron chi connectivity index (χ2n) is 6.39. The topological polar surface area (TPSA) is 100 Å². The molecule has 2 aromatic heterocycles. The van der Waals surface area contributed by atoms with Crippen LogP contribution in [0.3, 0.4) is 0 Å². The van der Waals surface area contributed by atoms with Gasteiger partial charge >= 0.3 is 6.18 Å². The molecule has 8 nitrogen and oxygen atoms in total. The second kappa shape index (κ2) is 6.76. The van der Waals surface area contributed by atoms with Crippen molar-refractivity contribution in [3.63, 3.8) is 0 Å². The first-order chi connectivity index (χ1) is 13.8. The summed E-state index contributed by atoms with van der Waals surface area (Å²) < 4.78 is 44.5. The van der Waals surface area contributed by atoms with Gasteiger partial charge in [-0.25, -0.2) is 4.98 Å². The first-order valence-electron chi connectivity index (χ1n) is 8.47. The SMILES string of the molecule is CN1C(=O)C(NC(=O)c2n[nH]c3ncc(C(F)(F)F)cc23)COc2ccccc21. The van der Waals surface area contributed by atoms with Crippen molar-refractivity contribution >= 4 is 28.5 Å². The number of halogens is 3. The minimum absolute atomic E-state index is 0.0242. The molecule has 0 fully saturated rings. The molecule has 1 aromatic carbocycles. The first kappa shape index (κ1) is 18.7. The molecule has 29 heavy (non-hydrogen) atoms. The highest BCUT2D eigenvalue weighted by Gasteiger charge is 2.34. The van der Waals surface area contributed by atoms with Gasteiger partial charge in [0.1, 0.15) is 18.4 Å². The Kier molecular flexibility index (Phi) is 4.36. The molecule has 11 heteroatoms. The Morgan fingerprint density at radius 3 is 2.86 bits per heavy atom. The van der Waals surface area contributed by atoms with E-state index in [-0.39, 0.29) is 23.3 Å². The zero-order valence-electron chi connectivity index (χ0n) is 14.9. The molecule has 2 N–H and O–H groups in total. The Labute approximate surface area is 161 Å². The van der Waals surface area contributed by atoms with Crippen molar-refractivity contribution in [3.8, 4) is 5.75 Å². The zero-order valence-corrected chi connectivity index (χ0v) is 14.9. The summed E-state index contributed by atoms with van der Waals surface area (Å²) in [6.07, 6.45) is -3.97. The summed E-state index contributed by atoms with van der Waals surface area (Å²) in [5, 5.41) is 8.55. The van der Waals surface area contributed by atoms with Crippen LogP contribution in [-0.4, -0.2) is 46.7 Å². The van der Waals surface area contributed by atoms with E-state index < -0.39 is 29.6 Å². The fourth-order valence-electron chi connectivity index (χ4n) is 3.01. The Bertz CT molecular complexity index is 1110. The van der Waals surface area contributed by atoms with Gasteiger partial charge in [-0.2, -0.15) is 18.3 Å². The van der Waals surface area contributed by atoms with Crippen molar-refractivity contribution in [1.29, 1.82) is 0 Å². The van der Waals surface area contributed by atoms with Crippen LogP contribution in [-0.2, 0) is 11.0 Å². The first-order valence-corrected chi connectivity index (χ1v) is 8.47. The number of ether oxygens (including phenoxy) is 1. The molecular weight excluding hydrogens is 391 g/mol. The van der Waals surface area contributed by atoms with Crippen LogP contribution in [0.2, 0.25) is 0 Å². The molecule has 1 unspecified atom stereocenters. The zero-order chi connectivity index (χ0) is 20.8. The average Bonchev–Trinajstić information content (AvgIpc) is 3.08. The number of pyridine rings is 1. The normalized spacial score (nSPS) is 16.9. The number of fused-ring (bicyclic) bond motifs is 2. The number of aromatic nitrogens is 3. The molecule has 1 atom stereocenters. The fourth-order valence-corrected chi connectivity index (χ4v) is 3.01. The lowest BCUT2D eigenvalue weighted by Gasteiger charge is -2.20. The van der Waals surface area contributed by atoms with Crippen LogP contribution >= 0.6 is 0 Å². The molecule has 1 aliphatic heterocycles. The van der Waals surface area contributed by atoms with Gasteiger partial charge < -0.3 is 15.0 Å². The van der Waals surface area contributed by atoms with Crippen LogP contribution in [0.5, 0.6) is 5.75 Å². The lowest BCUT2D eigenvalue weighted by molar-refractivity contribution is -0.137. The third-order valence-corrected chi connectivity index (χ3v) is 4.52. The second-order valence-corrected chi connectivity index (χ2v) is 6.39. The van der Waals surface area contributed by atoms with E-state index in [1.807, 2.05) is 0 Å². The van der Waals surface area contributed by atoms with E-state index in [4.69, 9.17) is 4.74 Å². The summed E-state index contributed by atoms with van der Waals surface area (Å²) in [6.45, 7) is -0.139. The van der Waals surface area contributed by atoms with Crippen molar-refractivity contribution in [2.75, 3.05) is 18.6 Å². The van der Waals surface area contributed by atoms with Gasteiger partial charge in [0.15, 0.2) is 11.3 Å². The number of anilines is 1. The Morgan fingerprint density at radius 2 is 2.10 bits per heavy atom. The van der Waals surface area contributed by atoms with Crippen LogP contribution in [0.4, 0.5) is 18.9 Å². The summed E-state index contributed by atoms with van der Waals surface area (Å²) in [5.74, 6) is -0.778. The molecule has 0 aliphatic carbocycles. The van der Waals surface area contributed by atoms with E-state index >= 15 is 0 Å². The molecule has 0 spiro atoms. The van der Waals surface area contributed by atoms with Crippen molar-refractivity contribution in [3.05, 3.63) is 47.8 Å². The number of hydrogen-bond acceptors (Lipinski definition) is 5. The van der Waals surface area contributed by atoms with Crippen molar-refractivity contribution in [2.45, 2.75) is 12.2 Å². The molecule has 0 bridgehead atoms. The minimum atomic E-state index is -4.62. The van der Waals surface area contributed by atoms with Gasteiger partial charge in [0.2, 0.25) is 0 Å². The summed E-state index contributed by atoms with van der Waals surface area (Å²) in [6, 6.07) is 6.61. The number of benzene rings is 1. The highest BCUT2D eigenvalue weighted by Crippen LogP contribution is 2.31. The minimum Gasteiger partial charge on any atom is -0.489 e. The molecular formula is C18H14F3N5O3. The number of carbonyl (C=O) groups is 2. The number of nitrogens with zero attached hydrogens (tertiary/aromatic N) is 3. The van der Waals surface area contributed by atoms with Crippen molar-refractivity contribution in [1.82, 2.24) is 20.5 Å². The van der Waals surface area contributed by atoms with E-state index in [1.54, 1.807) is 31.3 Å². The predicted octanol–water partition coefficient (Wildman–Crippen LogP) is 2.13. The van der Waals surface area contributed by atoms with E-state index in [9.17, 15) is 22.8 Å². The number of likely N-dealkylation sites (N-methyl/N-ethyl adjacent to an activating group) is 1. The summed E-state index contributed by atoms with van der Waals surface area (Å²) in [7, 11) is 1.54. The maximum Gasteiger partial charge on any atom is 0.417 e. The standard InChI is InChI=1S/C18H14F3N5O3/c1-26-12-4-2-3-5-13(12)29-8-11(17(26)28)23-16(27)14-10-6-9(18(19,20)21)7-22-15(10)25-24-14/h2-7,11H,8H2,1H3,(H,23,27)(H,22,24,25). The molecule has 0 saturated carbocycles. The van der Waals surface area contributed by atoms with Crippen LogP contribution in [0, 0.1) is 0 Å². The third-order valence-electron chi connectivity index (χ3n) is 4.52. The van der Waals surface area contributed by atoms with Crippen molar-refractivity contribution < 1.29 is 27.5 Å². The molecule has 2 amide bonds. The fraction of sp³-hybridized carbons (Fsp3) is 0.222. The lowest BCUT2D eigenvalue weighted by Crippen LogP contribution is -2.49. The Hall–Kier alpha value is -3.63. The number of nitrogens with one attached hydrogen (secondary N) is 2. The average molecular weight is 405 g/mol. The van der Waals surface area contributed by atoms with E-state index in [1.165, 1.54) is 4.90 Å². The van der Waals surface area contributed by atoms with Gasteiger partial charge in [-0.05, 0) is 18.2 Å². The van der Waals surface area contributed by atoms with Crippen LogP contribution in [0.1, 0.15) is 16.1 Å². The molecule has 0 radical (unpaired) electrons. The Balaban J connectivity index is 1.61. The number of alkyl halides is 3. The molecule has 1 aliphatic rings. The maximum absolute atomic E-state index is 13.0. The number of aromatic amines is 1. The quantitative estimate of drug-likeness (QED) is 0.681. The molecule has 3 aromatic rings. The highest BCUT2D eigenvalue weighted by atomic mass is 19.4. The molecule has 150 valence electrons. The summed E-state index contributed by atoms with van der Waals surface area (Å²) in [5.41, 5.74) is -0.741. The van der Waals surface area contributed by atoms with Crippen LogP contribution in [0.15, 0.2) is 36.5 Å². The predicted molar refractivity (Wildman–Crippen MR) is 95.5 cm³/mol. The summed E-state index contributed by atoms with van der Waals surface area (Å²) in [4.78, 5) is 30.4. The van der Waals surface area contributed by atoms with E-state index in [0.717, 1.165) is 6.07 Å². The van der Waals surface area contributed by atoms with E-state index in [0.29, 0.717) is 17.6 Å². The molecule has 4 rings (SSSR count). The molecule has 3 heterocycles. The number of rotatable bonds is 2. The third kappa shape index (κ3) is 3.35. The molecule has 0 saturated heterocycles. The van der Waals surface area contributed by atoms with Crippen LogP contribution in [0.25, 0.3) is 11.0 Å². The van der Waals surface area contributed by atoms with Crippen LogP contribution < -0.4 is 15.0 Å². The van der Waals surface area contributed by atoms with Gasteiger partial charge in [0.05, 0.1) is 16.6 Å². The Morgan fingerprint density at radius 1 is 1.34 bits per heavy atom.